The first kappa shape index (κ1) is 14.3. The predicted molar refractivity (Wildman–Crippen MR) is 79.2 cm³/mol. The molecule has 0 aliphatic carbocycles. The third-order valence-corrected chi connectivity index (χ3v) is 3.14. The molecule has 1 aromatic heterocycles. The Balaban J connectivity index is 2.34. The first-order chi connectivity index (χ1) is 9.61. The summed E-state index contributed by atoms with van der Waals surface area (Å²) in [6.07, 6.45) is 8.11. The minimum atomic E-state index is -0.981. The molecule has 0 saturated heterocycles. The Bertz CT molecular complexity index is 647. The number of aliphatic carboxylic acids is 1. The normalized spacial score (nSPS) is 11.1. The average molecular weight is 291 g/mol. The Kier molecular flexibility index (Phi) is 4.58. The lowest BCUT2D eigenvalue weighted by atomic mass is 10.2. The van der Waals surface area contributed by atoms with E-state index >= 15 is 0 Å². The van der Waals surface area contributed by atoms with Gasteiger partial charge in [-0.3, -0.25) is 0 Å². The molecule has 0 radical (unpaired) electrons. The standard InChI is InChI=1S/C15H15ClN2O2/c1-2-3-14-17-8-9-18(14)13-6-4-11(10-12(13)16)5-7-15(19)20/h4-10H,2-3H2,1H3,(H,19,20)/b7-5+. The summed E-state index contributed by atoms with van der Waals surface area (Å²) in [4.78, 5) is 14.8. The molecule has 4 nitrogen and oxygen atoms in total. The third kappa shape index (κ3) is 3.27. The van der Waals surface area contributed by atoms with Crippen LogP contribution in [0.2, 0.25) is 5.02 Å². The number of hydrogen-bond acceptors (Lipinski definition) is 2. The number of carboxylic acids is 1. The van der Waals surface area contributed by atoms with Gasteiger partial charge in [-0.25, -0.2) is 9.78 Å². The van der Waals surface area contributed by atoms with Crippen LogP contribution in [-0.2, 0) is 11.2 Å². The minimum Gasteiger partial charge on any atom is -0.478 e. The van der Waals surface area contributed by atoms with Gasteiger partial charge in [-0.2, -0.15) is 0 Å². The lowest BCUT2D eigenvalue weighted by molar-refractivity contribution is -0.131. The third-order valence-electron chi connectivity index (χ3n) is 2.84. The van der Waals surface area contributed by atoms with E-state index in [0.717, 1.165) is 36.0 Å². The second kappa shape index (κ2) is 6.39. The molecule has 0 unspecified atom stereocenters. The van der Waals surface area contributed by atoms with Crippen molar-refractivity contribution in [1.82, 2.24) is 9.55 Å². The highest BCUT2D eigenvalue weighted by atomic mass is 35.5. The number of hydrogen-bond donors (Lipinski definition) is 1. The maximum absolute atomic E-state index is 10.5. The molecule has 0 fully saturated rings. The van der Waals surface area contributed by atoms with Crippen molar-refractivity contribution < 1.29 is 9.90 Å². The molecule has 1 N–H and O–H groups in total. The van der Waals surface area contributed by atoms with Crippen LogP contribution < -0.4 is 0 Å². The van der Waals surface area contributed by atoms with E-state index < -0.39 is 5.97 Å². The maximum atomic E-state index is 10.5. The Morgan fingerprint density at radius 1 is 1.50 bits per heavy atom. The van der Waals surface area contributed by atoms with Crippen LogP contribution in [0.4, 0.5) is 0 Å². The van der Waals surface area contributed by atoms with Crippen LogP contribution in [0, 0.1) is 0 Å². The van der Waals surface area contributed by atoms with Crippen LogP contribution in [0.15, 0.2) is 36.7 Å². The highest BCUT2D eigenvalue weighted by Crippen LogP contribution is 2.24. The molecule has 0 aliphatic heterocycles. The maximum Gasteiger partial charge on any atom is 0.328 e. The van der Waals surface area contributed by atoms with Crippen LogP contribution in [0.3, 0.4) is 0 Å². The van der Waals surface area contributed by atoms with Crippen molar-refractivity contribution in [3.8, 4) is 5.69 Å². The van der Waals surface area contributed by atoms with Gasteiger partial charge < -0.3 is 9.67 Å². The van der Waals surface area contributed by atoms with Crippen molar-refractivity contribution in [1.29, 1.82) is 0 Å². The zero-order valence-electron chi connectivity index (χ0n) is 11.1. The molecule has 0 amide bonds. The van der Waals surface area contributed by atoms with Gasteiger partial charge in [0, 0.05) is 24.9 Å². The lowest BCUT2D eigenvalue weighted by Gasteiger charge is -2.10. The van der Waals surface area contributed by atoms with Crippen molar-refractivity contribution in [2.24, 2.45) is 0 Å². The highest BCUT2D eigenvalue weighted by Gasteiger charge is 2.08. The van der Waals surface area contributed by atoms with Gasteiger partial charge in [0.05, 0.1) is 10.7 Å². The molecule has 0 atom stereocenters. The number of benzene rings is 1. The second-order valence-corrected chi connectivity index (χ2v) is 4.75. The quantitative estimate of drug-likeness (QED) is 0.856. The summed E-state index contributed by atoms with van der Waals surface area (Å²) in [5.41, 5.74) is 1.60. The molecule has 1 heterocycles. The highest BCUT2D eigenvalue weighted by molar-refractivity contribution is 6.32. The van der Waals surface area contributed by atoms with Gasteiger partial charge in [0.2, 0.25) is 0 Å². The number of carboxylic acid groups (broad SMARTS) is 1. The van der Waals surface area contributed by atoms with Gasteiger partial charge in [0.1, 0.15) is 5.82 Å². The lowest BCUT2D eigenvalue weighted by Crippen LogP contribution is -2.01. The van der Waals surface area contributed by atoms with E-state index in [1.807, 2.05) is 22.9 Å². The molecule has 0 spiro atoms. The average Bonchev–Trinajstić information content (AvgIpc) is 2.85. The zero-order chi connectivity index (χ0) is 14.5. The van der Waals surface area contributed by atoms with E-state index in [0.29, 0.717) is 5.02 Å². The van der Waals surface area contributed by atoms with E-state index in [1.54, 1.807) is 12.3 Å². The van der Waals surface area contributed by atoms with Crippen molar-refractivity contribution in [3.05, 3.63) is 53.1 Å². The van der Waals surface area contributed by atoms with Crippen LogP contribution in [-0.4, -0.2) is 20.6 Å². The van der Waals surface area contributed by atoms with Gasteiger partial charge in [-0.15, -0.1) is 0 Å². The summed E-state index contributed by atoms with van der Waals surface area (Å²) < 4.78 is 1.95. The molecular weight excluding hydrogens is 276 g/mol. The minimum absolute atomic E-state index is 0.563. The zero-order valence-corrected chi connectivity index (χ0v) is 11.8. The Morgan fingerprint density at radius 2 is 2.30 bits per heavy atom. The number of aryl methyl sites for hydroxylation is 1. The molecule has 0 bridgehead atoms. The van der Waals surface area contributed by atoms with E-state index in [9.17, 15) is 4.79 Å². The summed E-state index contributed by atoms with van der Waals surface area (Å²) >= 11 is 6.28. The monoisotopic (exact) mass is 290 g/mol. The summed E-state index contributed by atoms with van der Waals surface area (Å²) in [5, 5.41) is 9.18. The molecule has 2 aromatic rings. The van der Waals surface area contributed by atoms with Crippen molar-refractivity contribution in [2.75, 3.05) is 0 Å². The molecule has 5 heteroatoms. The van der Waals surface area contributed by atoms with Gasteiger partial charge in [0.25, 0.3) is 0 Å². The van der Waals surface area contributed by atoms with Gasteiger partial charge in [-0.1, -0.05) is 24.6 Å². The second-order valence-electron chi connectivity index (χ2n) is 4.35. The fourth-order valence-electron chi connectivity index (χ4n) is 1.95. The van der Waals surface area contributed by atoms with Gasteiger partial charge >= 0.3 is 5.97 Å². The largest absolute Gasteiger partial charge is 0.478 e. The van der Waals surface area contributed by atoms with Crippen LogP contribution in [0.5, 0.6) is 0 Å². The van der Waals surface area contributed by atoms with Crippen LogP contribution in [0.25, 0.3) is 11.8 Å². The molecule has 104 valence electrons. The van der Waals surface area contributed by atoms with Crippen molar-refractivity contribution in [2.45, 2.75) is 19.8 Å². The summed E-state index contributed by atoms with van der Waals surface area (Å²) in [7, 11) is 0. The fourth-order valence-corrected chi connectivity index (χ4v) is 2.23. The molecule has 0 saturated carbocycles. The van der Waals surface area contributed by atoms with E-state index in [2.05, 4.69) is 11.9 Å². The molecule has 0 aliphatic rings. The van der Waals surface area contributed by atoms with Crippen molar-refractivity contribution in [3.63, 3.8) is 0 Å². The number of rotatable bonds is 5. The van der Waals surface area contributed by atoms with Crippen LogP contribution in [0.1, 0.15) is 24.7 Å². The molecular formula is C15H15ClN2O2. The molecule has 1 aromatic carbocycles. The Hall–Kier alpha value is -2.07. The number of halogens is 1. The number of imidazole rings is 1. The van der Waals surface area contributed by atoms with Gasteiger partial charge in [0.15, 0.2) is 0 Å². The molecule has 20 heavy (non-hydrogen) atoms. The Labute approximate surface area is 122 Å². The SMILES string of the molecule is CCCc1nccn1-c1ccc(/C=C/C(=O)O)cc1Cl. The summed E-state index contributed by atoms with van der Waals surface area (Å²) in [6, 6.07) is 5.44. The number of aromatic nitrogens is 2. The fraction of sp³-hybridized carbons (Fsp3) is 0.200. The van der Waals surface area contributed by atoms with Gasteiger partial charge in [-0.05, 0) is 30.2 Å². The molecule has 2 rings (SSSR count). The smallest absolute Gasteiger partial charge is 0.328 e. The van der Waals surface area contributed by atoms with E-state index in [-0.39, 0.29) is 0 Å². The predicted octanol–water partition coefficient (Wildman–Crippen LogP) is 3.58. The first-order valence-corrected chi connectivity index (χ1v) is 6.72. The van der Waals surface area contributed by atoms with Crippen LogP contribution >= 0.6 is 11.6 Å². The van der Waals surface area contributed by atoms with Crippen molar-refractivity contribution >= 4 is 23.6 Å². The first-order valence-electron chi connectivity index (χ1n) is 6.35. The van der Waals surface area contributed by atoms with E-state index in [4.69, 9.17) is 16.7 Å². The number of carbonyl (C=O) groups is 1. The Morgan fingerprint density at radius 3 is 2.95 bits per heavy atom. The summed E-state index contributed by atoms with van der Waals surface area (Å²) in [6.45, 7) is 2.10. The topological polar surface area (TPSA) is 55.1 Å². The van der Waals surface area contributed by atoms with E-state index in [1.165, 1.54) is 6.08 Å². The summed E-state index contributed by atoms with van der Waals surface area (Å²) in [5.74, 6) is -0.0201. The number of nitrogens with zero attached hydrogens (tertiary/aromatic N) is 2.